The van der Waals surface area contributed by atoms with Gasteiger partial charge >= 0.3 is 0 Å². The number of ether oxygens (including phenoxy) is 1. The molecule has 22 heavy (non-hydrogen) atoms. The van der Waals surface area contributed by atoms with Gasteiger partial charge < -0.3 is 20.7 Å². The fraction of sp³-hybridized carbons (Fsp3) is 0.875. The molecular weight excluding hydrogens is 282 g/mol. The Labute approximate surface area is 133 Å². The second-order valence-electron chi connectivity index (χ2n) is 6.47. The van der Waals surface area contributed by atoms with Crippen molar-refractivity contribution in [1.29, 1.82) is 0 Å². The van der Waals surface area contributed by atoms with Crippen LogP contribution in [0.3, 0.4) is 0 Å². The third-order valence-electron chi connectivity index (χ3n) is 4.04. The molecule has 1 aliphatic heterocycles. The van der Waals surface area contributed by atoms with E-state index in [0.717, 1.165) is 19.3 Å². The molecule has 6 heteroatoms. The minimum absolute atomic E-state index is 0.00733. The van der Waals surface area contributed by atoms with Crippen molar-refractivity contribution in [3.63, 3.8) is 0 Å². The van der Waals surface area contributed by atoms with Crippen molar-refractivity contribution < 1.29 is 14.3 Å². The highest BCUT2D eigenvalue weighted by Crippen LogP contribution is 2.18. The van der Waals surface area contributed by atoms with Crippen LogP contribution in [0.15, 0.2) is 0 Å². The normalized spacial score (nSPS) is 17.6. The molecule has 0 bridgehead atoms. The molecule has 0 spiro atoms. The number of carbonyl (C=O) groups is 2. The third-order valence-corrected chi connectivity index (χ3v) is 4.04. The summed E-state index contributed by atoms with van der Waals surface area (Å²) < 4.78 is 4.95. The predicted octanol–water partition coefficient (Wildman–Crippen LogP) is 0.751. The number of carbonyl (C=O) groups excluding carboxylic acids is 2. The van der Waals surface area contributed by atoms with E-state index in [4.69, 9.17) is 10.5 Å². The van der Waals surface area contributed by atoms with Gasteiger partial charge in [0.15, 0.2) is 0 Å². The Kier molecular flexibility index (Phi) is 8.42. The fourth-order valence-corrected chi connectivity index (χ4v) is 2.78. The summed E-state index contributed by atoms with van der Waals surface area (Å²) in [5, 5.41) is 2.93. The number of methoxy groups -OCH3 is 1. The van der Waals surface area contributed by atoms with E-state index < -0.39 is 6.04 Å². The van der Waals surface area contributed by atoms with Gasteiger partial charge in [-0.1, -0.05) is 13.8 Å². The van der Waals surface area contributed by atoms with Crippen LogP contribution in [0.1, 0.15) is 39.5 Å². The van der Waals surface area contributed by atoms with E-state index in [-0.39, 0.29) is 17.7 Å². The zero-order valence-corrected chi connectivity index (χ0v) is 14.1. The summed E-state index contributed by atoms with van der Waals surface area (Å²) in [5.41, 5.74) is 5.96. The van der Waals surface area contributed by atoms with Crippen LogP contribution in [0.5, 0.6) is 0 Å². The average Bonchev–Trinajstić information content (AvgIpc) is 2.50. The molecular formula is C16H31N3O3. The number of nitrogens with one attached hydrogen (secondary N) is 1. The molecule has 1 fully saturated rings. The molecule has 0 aromatic carbocycles. The molecule has 1 atom stereocenters. The maximum Gasteiger partial charge on any atom is 0.239 e. The second-order valence-corrected chi connectivity index (χ2v) is 6.47. The maximum atomic E-state index is 12.2. The monoisotopic (exact) mass is 313 g/mol. The number of hydrogen-bond donors (Lipinski definition) is 2. The Bertz CT molecular complexity index is 353. The van der Waals surface area contributed by atoms with E-state index >= 15 is 0 Å². The lowest BCUT2D eigenvalue weighted by molar-refractivity contribution is -0.137. The number of rotatable bonds is 8. The molecule has 0 aromatic rings. The first-order valence-electron chi connectivity index (χ1n) is 8.26. The Morgan fingerprint density at radius 1 is 1.32 bits per heavy atom. The van der Waals surface area contributed by atoms with Gasteiger partial charge in [0.1, 0.15) is 0 Å². The van der Waals surface area contributed by atoms with Crippen LogP contribution in [0, 0.1) is 11.8 Å². The highest BCUT2D eigenvalue weighted by molar-refractivity contribution is 5.82. The highest BCUT2D eigenvalue weighted by atomic mass is 16.5. The Morgan fingerprint density at radius 3 is 2.50 bits per heavy atom. The van der Waals surface area contributed by atoms with Crippen LogP contribution in [0.25, 0.3) is 0 Å². The van der Waals surface area contributed by atoms with Crippen LogP contribution >= 0.6 is 0 Å². The lowest BCUT2D eigenvalue weighted by Crippen LogP contribution is -2.49. The molecule has 6 nitrogen and oxygen atoms in total. The van der Waals surface area contributed by atoms with E-state index in [1.807, 2.05) is 4.90 Å². The first-order chi connectivity index (χ1) is 10.5. The van der Waals surface area contributed by atoms with Crippen LogP contribution < -0.4 is 11.1 Å². The summed E-state index contributed by atoms with van der Waals surface area (Å²) in [6.45, 7) is 6.67. The smallest absolute Gasteiger partial charge is 0.239 e. The average molecular weight is 313 g/mol. The van der Waals surface area contributed by atoms with Gasteiger partial charge in [-0.3, -0.25) is 9.59 Å². The number of nitrogens with zero attached hydrogens (tertiary/aromatic N) is 1. The summed E-state index contributed by atoms with van der Waals surface area (Å²) in [6.07, 6.45) is 2.97. The first-order valence-corrected chi connectivity index (χ1v) is 8.26. The lowest BCUT2D eigenvalue weighted by atomic mass is 9.94. The molecule has 1 rings (SSSR count). The zero-order chi connectivity index (χ0) is 16.5. The van der Waals surface area contributed by atoms with Gasteiger partial charge in [0.05, 0.1) is 6.04 Å². The van der Waals surface area contributed by atoms with E-state index in [1.165, 1.54) is 0 Å². The Hall–Kier alpha value is -1.14. The summed E-state index contributed by atoms with van der Waals surface area (Å²) >= 11 is 0. The van der Waals surface area contributed by atoms with Gasteiger partial charge in [-0.2, -0.15) is 0 Å². The number of hydrogen-bond acceptors (Lipinski definition) is 4. The maximum absolute atomic E-state index is 12.2. The standard InChI is InChI=1S/C16H31N3O3/c1-12(2)11-14(17)16(21)19-8-5-13(6-9-19)15(20)18-7-4-10-22-3/h12-14H,4-11,17H2,1-3H3,(H,18,20)/t14-/m0/s1. The van der Waals surface area contributed by atoms with Crippen LogP contribution in [-0.4, -0.2) is 56.1 Å². The number of amides is 2. The second kappa shape index (κ2) is 9.79. The minimum atomic E-state index is -0.417. The minimum Gasteiger partial charge on any atom is -0.385 e. The van der Waals surface area contributed by atoms with Crippen molar-refractivity contribution in [1.82, 2.24) is 10.2 Å². The molecule has 1 saturated heterocycles. The SMILES string of the molecule is COCCCNC(=O)C1CCN(C(=O)[C@@H](N)CC(C)C)CC1. The summed E-state index contributed by atoms with van der Waals surface area (Å²) in [7, 11) is 1.65. The van der Waals surface area contributed by atoms with Crippen LogP contribution in [-0.2, 0) is 14.3 Å². The lowest BCUT2D eigenvalue weighted by Gasteiger charge is -2.33. The van der Waals surface area contributed by atoms with Crippen LogP contribution in [0.2, 0.25) is 0 Å². The van der Waals surface area contributed by atoms with Gasteiger partial charge in [0, 0.05) is 39.3 Å². The zero-order valence-electron chi connectivity index (χ0n) is 14.1. The summed E-state index contributed by atoms with van der Waals surface area (Å²) in [6, 6.07) is -0.417. The van der Waals surface area contributed by atoms with Gasteiger partial charge in [0.25, 0.3) is 0 Å². The molecule has 0 saturated carbocycles. The number of piperidine rings is 1. The van der Waals surface area contributed by atoms with E-state index in [9.17, 15) is 9.59 Å². The largest absolute Gasteiger partial charge is 0.385 e. The molecule has 2 amide bonds. The van der Waals surface area contributed by atoms with Crippen molar-refractivity contribution in [2.75, 3.05) is 33.4 Å². The topological polar surface area (TPSA) is 84.7 Å². The van der Waals surface area contributed by atoms with Gasteiger partial charge in [-0.15, -0.1) is 0 Å². The predicted molar refractivity (Wildman–Crippen MR) is 86.2 cm³/mol. The number of likely N-dealkylation sites (tertiary alicyclic amines) is 1. The van der Waals surface area contributed by atoms with E-state index in [2.05, 4.69) is 19.2 Å². The summed E-state index contributed by atoms with van der Waals surface area (Å²) in [4.78, 5) is 26.1. The van der Waals surface area contributed by atoms with Crippen molar-refractivity contribution in [2.45, 2.75) is 45.6 Å². The van der Waals surface area contributed by atoms with E-state index in [1.54, 1.807) is 7.11 Å². The quantitative estimate of drug-likeness (QED) is 0.648. The third kappa shape index (κ3) is 6.32. The molecule has 0 unspecified atom stereocenters. The molecule has 128 valence electrons. The van der Waals surface area contributed by atoms with Gasteiger partial charge in [0.2, 0.25) is 11.8 Å². The molecule has 1 heterocycles. The molecule has 1 aliphatic rings. The Morgan fingerprint density at radius 2 is 1.95 bits per heavy atom. The van der Waals surface area contributed by atoms with Crippen molar-refractivity contribution >= 4 is 11.8 Å². The Balaban J connectivity index is 2.30. The van der Waals surface area contributed by atoms with Crippen LogP contribution in [0.4, 0.5) is 0 Å². The molecule has 3 N–H and O–H groups in total. The summed E-state index contributed by atoms with van der Waals surface area (Å²) in [5.74, 6) is 0.532. The van der Waals surface area contributed by atoms with E-state index in [0.29, 0.717) is 38.6 Å². The van der Waals surface area contributed by atoms with Gasteiger partial charge in [-0.05, 0) is 31.6 Å². The molecule has 0 aromatic heterocycles. The number of nitrogens with two attached hydrogens (primary N) is 1. The fourth-order valence-electron chi connectivity index (χ4n) is 2.78. The highest BCUT2D eigenvalue weighted by Gasteiger charge is 2.29. The molecule has 0 radical (unpaired) electrons. The first kappa shape index (κ1) is 18.9. The molecule has 0 aliphatic carbocycles. The van der Waals surface area contributed by atoms with Crippen molar-refractivity contribution in [3.8, 4) is 0 Å². The van der Waals surface area contributed by atoms with Gasteiger partial charge in [-0.25, -0.2) is 0 Å². The van der Waals surface area contributed by atoms with Crippen molar-refractivity contribution in [3.05, 3.63) is 0 Å². The van der Waals surface area contributed by atoms with Crippen molar-refractivity contribution in [2.24, 2.45) is 17.6 Å².